The fourth-order valence-corrected chi connectivity index (χ4v) is 1.64. The Balaban J connectivity index is 2.91. The summed E-state index contributed by atoms with van der Waals surface area (Å²) >= 11 is 0. The van der Waals surface area contributed by atoms with Crippen LogP contribution >= 0.6 is 0 Å². The van der Waals surface area contributed by atoms with Gasteiger partial charge in [-0.25, -0.2) is 0 Å². The van der Waals surface area contributed by atoms with Crippen molar-refractivity contribution in [1.29, 1.82) is 0 Å². The molecule has 112 valence electrons. The van der Waals surface area contributed by atoms with Crippen LogP contribution in [0.3, 0.4) is 0 Å². The standard InChI is InChI=1S/C13H17F3N2O2/c1-2-18-12(19)8-20-11-4-3-9(5-6-17)7-10(11)13(14,15)16/h3-4,7H,2,5-6,8,17H2,1H3,(H,18,19). The maximum absolute atomic E-state index is 12.9. The molecule has 0 radical (unpaired) electrons. The van der Waals surface area contributed by atoms with Crippen molar-refractivity contribution in [1.82, 2.24) is 5.32 Å². The Bertz CT molecular complexity index is 461. The van der Waals surface area contributed by atoms with Crippen molar-refractivity contribution in [3.63, 3.8) is 0 Å². The Labute approximate surface area is 115 Å². The molecule has 0 saturated heterocycles. The van der Waals surface area contributed by atoms with Crippen LogP contribution in [0.25, 0.3) is 0 Å². The molecule has 1 aromatic rings. The van der Waals surface area contributed by atoms with E-state index >= 15 is 0 Å². The number of rotatable bonds is 6. The molecule has 0 atom stereocenters. The molecular weight excluding hydrogens is 273 g/mol. The molecule has 3 N–H and O–H groups in total. The molecule has 0 bridgehead atoms. The third-order valence-corrected chi connectivity index (χ3v) is 2.52. The molecule has 0 aromatic heterocycles. The summed E-state index contributed by atoms with van der Waals surface area (Å²) in [5, 5.41) is 2.44. The molecule has 0 saturated carbocycles. The first kappa shape index (κ1) is 16.3. The number of carbonyl (C=O) groups excluding carboxylic acids is 1. The van der Waals surface area contributed by atoms with Gasteiger partial charge in [0.1, 0.15) is 5.75 Å². The van der Waals surface area contributed by atoms with Crippen molar-refractivity contribution in [2.24, 2.45) is 5.73 Å². The van der Waals surface area contributed by atoms with Crippen molar-refractivity contribution >= 4 is 5.91 Å². The highest BCUT2D eigenvalue weighted by Crippen LogP contribution is 2.36. The summed E-state index contributed by atoms with van der Waals surface area (Å²) in [5.74, 6) is -0.823. The molecule has 0 aliphatic rings. The fraction of sp³-hybridized carbons (Fsp3) is 0.462. The van der Waals surface area contributed by atoms with Gasteiger partial charge in [-0.1, -0.05) is 6.07 Å². The molecule has 20 heavy (non-hydrogen) atoms. The van der Waals surface area contributed by atoms with Gasteiger partial charge in [0.2, 0.25) is 0 Å². The first-order chi connectivity index (χ1) is 9.38. The molecule has 1 aromatic carbocycles. The minimum absolute atomic E-state index is 0.260. The number of hydrogen-bond acceptors (Lipinski definition) is 3. The molecule has 0 fully saturated rings. The second-order valence-corrected chi connectivity index (χ2v) is 4.11. The van der Waals surface area contributed by atoms with Gasteiger partial charge in [0.15, 0.2) is 6.61 Å². The number of likely N-dealkylation sites (N-methyl/N-ethyl adjacent to an activating group) is 1. The van der Waals surface area contributed by atoms with Crippen molar-refractivity contribution in [3.8, 4) is 5.75 Å². The van der Waals surface area contributed by atoms with Gasteiger partial charge in [-0.15, -0.1) is 0 Å². The highest BCUT2D eigenvalue weighted by molar-refractivity contribution is 5.77. The summed E-state index contributed by atoms with van der Waals surface area (Å²) in [6.07, 6.45) is -4.19. The third kappa shape index (κ3) is 4.73. The smallest absolute Gasteiger partial charge is 0.419 e. The Kier molecular flexibility index (Phi) is 5.82. The van der Waals surface area contributed by atoms with Gasteiger partial charge in [-0.2, -0.15) is 13.2 Å². The van der Waals surface area contributed by atoms with Crippen LogP contribution in [0.2, 0.25) is 0 Å². The minimum Gasteiger partial charge on any atom is -0.483 e. The van der Waals surface area contributed by atoms with Crippen LogP contribution in [0, 0.1) is 0 Å². The number of ether oxygens (including phenoxy) is 1. The predicted molar refractivity (Wildman–Crippen MR) is 68.4 cm³/mol. The van der Waals surface area contributed by atoms with Gasteiger partial charge in [-0.05, 0) is 37.6 Å². The van der Waals surface area contributed by atoms with E-state index in [0.29, 0.717) is 18.5 Å². The van der Waals surface area contributed by atoms with Gasteiger partial charge in [0, 0.05) is 6.54 Å². The van der Waals surface area contributed by atoms with Crippen molar-refractivity contribution in [2.75, 3.05) is 19.7 Å². The normalized spacial score (nSPS) is 11.2. The Morgan fingerprint density at radius 1 is 1.40 bits per heavy atom. The van der Waals surface area contributed by atoms with Gasteiger partial charge < -0.3 is 15.8 Å². The molecule has 0 spiro atoms. The fourth-order valence-electron chi connectivity index (χ4n) is 1.64. The number of benzene rings is 1. The number of nitrogens with one attached hydrogen (secondary N) is 1. The van der Waals surface area contributed by atoms with E-state index in [1.54, 1.807) is 6.92 Å². The van der Waals surface area contributed by atoms with E-state index in [2.05, 4.69) is 5.32 Å². The maximum atomic E-state index is 12.9. The summed E-state index contributed by atoms with van der Waals surface area (Å²) in [6, 6.07) is 3.72. The lowest BCUT2D eigenvalue weighted by atomic mass is 10.1. The zero-order valence-corrected chi connectivity index (χ0v) is 11.1. The van der Waals surface area contributed by atoms with E-state index in [1.165, 1.54) is 12.1 Å². The summed E-state index contributed by atoms with van der Waals surface area (Å²) in [4.78, 5) is 11.2. The topological polar surface area (TPSA) is 64.3 Å². The highest BCUT2D eigenvalue weighted by Gasteiger charge is 2.34. The molecule has 0 aliphatic carbocycles. The van der Waals surface area contributed by atoms with Crippen molar-refractivity contribution in [2.45, 2.75) is 19.5 Å². The van der Waals surface area contributed by atoms with Crippen LogP contribution in [-0.2, 0) is 17.4 Å². The molecular formula is C13H17F3N2O2. The van der Waals surface area contributed by atoms with Gasteiger partial charge in [0.05, 0.1) is 5.56 Å². The average Bonchev–Trinajstić information content (AvgIpc) is 2.37. The molecule has 0 heterocycles. The van der Waals surface area contributed by atoms with Gasteiger partial charge in [-0.3, -0.25) is 4.79 Å². The van der Waals surface area contributed by atoms with Crippen LogP contribution in [0.15, 0.2) is 18.2 Å². The lowest BCUT2D eigenvalue weighted by Gasteiger charge is -2.15. The zero-order chi connectivity index (χ0) is 15.2. The van der Waals surface area contributed by atoms with Crippen LogP contribution in [-0.4, -0.2) is 25.6 Å². The number of hydrogen-bond donors (Lipinski definition) is 2. The Morgan fingerprint density at radius 3 is 2.65 bits per heavy atom. The SMILES string of the molecule is CCNC(=O)COc1ccc(CCN)cc1C(F)(F)F. The summed E-state index contributed by atoms with van der Waals surface area (Å²) in [6.45, 7) is 1.91. The second kappa shape index (κ2) is 7.14. The van der Waals surface area contributed by atoms with Crippen molar-refractivity contribution in [3.05, 3.63) is 29.3 Å². The molecule has 4 nitrogen and oxygen atoms in total. The number of nitrogens with two attached hydrogens (primary N) is 1. The van der Waals surface area contributed by atoms with E-state index in [4.69, 9.17) is 10.5 Å². The highest BCUT2D eigenvalue weighted by atomic mass is 19.4. The Hall–Kier alpha value is -1.76. The van der Waals surface area contributed by atoms with E-state index in [9.17, 15) is 18.0 Å². The van der Waals surface area contributed by atoms with E-state index in [1.807, 2.05) is 0 Å². The van der Waals surface area contributed by atoms with E-state index in [-0.39, 0.29) is 12.3 Å². The van der Waals surface area contributed by atoms with Gasteiger partial charge >= 0.3 is 6.18 Å². The van der Waals surface area contributed by atoms with E-state index in [0.717, 1.165) is 6.07 Å². The largest absolute Gasteiger partial charge is 0.483 e. The number of alkyl halides is 3. The lowest BCUT2D eigenvalue weighted by Crippen LogP contribution is -2.28. The maximum Gasteiger partial charge on any atom is 0.419 e. The van der Waals surface area contributed by atoms with E-state index < -0.39 is 24.3 Å². The number of halogens is 3. The first-order valence-corrected chi connectivity index (χ1v) is 6.18. The molecule has 7 heteroatoms. The second-order valence-electron chi connectivity index (χ2n) is 4.11. The first-order valence-electron chi connectivity index (χ1n) is 6.18. The quantitative estimate of drug-likeness (QED) is 0.838. The summed E-state index contributed by atoms with van der Waals surface area (Å²) < 4.78 is 43.7. The van der Waals surface area contributed by atoms with Crippen LogP contribution in [0.1, 0.15) is 18.1 Å². The minimum atomic E-state index is -4.54. The molecule has 0 aliphatic heterocycles. The molecule has 1 rings (SSSR count). The average molecular weight is 290 g/mol. The molecule has 0 unspecified atom stereocenters. The third-order valence-electron chi connectivity index (χ3n) is 2.52. The lowest BCUT2D eigenvalue weighted by molar-refractivity contribution is -0.139. The van der Waals surface area contributed by atoms with Crippen LogP contribution in [0.4, 0.5) is 13.2 Å². The summed E-state index contributed by atoms with van der Waals surface area (Å²) in [5.41, 5.74) is 4.91. The molecule has 1 amide bonds. The number of amides is 1. The summed E-state index contributed by atoms with van der Waals surface area (Å²) in [7, 11) is 0. The van der Waals surface area contributed by atoms with Crippen molar-refractivity contribution < 1.29 is 22.7 Å². The predicted octanol–water partition coefficient (Wildman–Crippen LogP) is 1.72. The van der Waals surface area contributed by atoms with Crippen LogP contribution in [0.5, 0.6) is 5.75 Å². The Morgan fingerprint density at radius 2 is 2.10 bits per heavy atom. The number of carbonyl (C=O) groups is 1. The van der Waals surface area contributed by atoms with Crippen LogP contribution < -0.4 is 15.8 Å². The van der Waals surface area contributed by atoms with Gasteiger partial charge in [0.25, 0.3) is 5.91 Å². The monoisotopic (exact) mass is 290 g/mol. The zero-order valence-electron chi connectivity index (χ0n) is 11.1.